The monoisotopic (exact) mass is 1450 g/mol. The first-order chi connectivity index (χ1) is 56.5. The van der Waals surface area contributed by atoms with Gasteiger partial charge < -0.3 is 0 Å². The molecule has 0 radical (unpaired) electrons. The lowest BCUT2D eigenvalue weighted by molar-refractivity contribution is 1.18. The fourth-order valence-electron chi connectivity index (χ4n) is 15.6. The smallest absolute Gasteiger partial charge is 0.160 e. The largest absolute Gasteiger partial charge is 0.228 e. The van der Waals surface area contributed by atoms with Gasteiger partial charge in [-0.15, -0.1) is 0 Å². The number of rotatable bonds is 12. The Morgan fingerprint density at radius 3 is 0.991 bits per heavy atom. The minimum absolute atomic E-state index is 0.722. The highest BCUT2D eigenvalue weighted by atomic mass is 14.9. The Kier molecular flexibility index (Phi) is 19.1. The molecule has 114 heavy (non-hydrogen) atoms. The molecule has 534 valence electrons. The van der Waals surface area contributed by atoms with Gasteiger partial charge in [-0.25, -0.2) is 29.9 Å². The minimum Gasteiger partial charge on any atom is -0.228 e. The van der Waals surface area contributed by atoms with E-state index in [4.69, 9.17) is 29.9 Å². The van der Waals surface area contributed by atoms with Crippen LogP contribution in [0.5, 0.6) is 0 Å². The molecule has 0 saturated carbocycles. The number of fused-ring (bicyclic) bond motifs is 8. The highest BCUT2D eigenvalue weighted by Crippen LogP contribution is 2.42. The summed E-state index contributed by atoms with van der Waals surface area (Å²) in [5, 5.41) is 14.6. The predicted octanol–water partition coefficient (Wildman–Crippen LogP) is 28.4. The summed E-state index contributed by atoms with van der Waals surface area (Å²) in [7, 11) is 0. The summed E-state index contributed by atoms with van der Waals surface area (Å²) < 4.78 is 0. The molecule has 0 saturated heterocycles. The Morgan fingerprint density at radius 2 is 0.439 bits per heavy atom. The van der Waals surface area contributed by atoms with E-state index < -0.39 is 0 Å². The summed E-state index contributed by atoms with van der Waals surface area (Å²) in [5.41, 5.74) is 22.1. The van der Waals surface area contributed by atoms with Crippen molar-refractivity contribution >= 4 is 64.6 Å². The average Bonchev–Trinajstić information content (AvgIpc) is 0.763. The second kappa shape index (κ2) is 31.4. The molecule has 0 unspecified atom stereocenters. The zero-order valence-corrected chi connectivity index (χ0v) is 62.3. The van der Waals surface area contributed by atoms with E-state index in [0.29, 0.717) is 0 Å². The van der Waals surface area contributed by atoms with Crippen molar-refractivity contribution in [3.05, 3.63) is 437 Å². The third-order valence-corrected chi connectivity index (χ3v) is 21.2. The normalized spacial score (nSPS) is 11.2. The van der Waals surface area contributed by atoms with E-state index >= 15 is 0 Å². The van der Waals surface area contributed by atoms with Crippen LogP contribution in [0.4, 0.5) is 0 Å². The average molecular weight is 1450 g/mol. The molecule has 6 nitrogen and oxygen atoms in total. The van der Waals surface area contributed by atoms with Gasteiger partial charge in [0, 0.05) is 50.1 Å². The molecule has 0 aliphatic heterocycles. The van der Waals surface area contributed by atoms with E-state index in [0.717, 1.165) is 107 Å². The third-order valence-electron chi connectivity index (χ3n) is 21.2. The quantitative estimate of drug-likeness (QED) is 0.0896. The van der Waals surface area contributed by atoms with Crippen molar-refractivity contribution in [2.45, 2.75) is 0 Å². The Hall–Kier alpha value is -15.2. The van der Waals surface area contributed by atoms with Gasteiger partial charge in [0.25, 0.3) is 0 Å². The van der Waals surface area contributed by atoms with Crippen LogP contribution in [0.25, 0.3) is 200 Å². The fourth-order valence-corrected chi connectivity index (χ4v) is 15.6. The van der Waals surface area contributed by atoms with Gasteiger partial charge in [-0.05, 0) is 140 Å². The number of nitrogens with zero attached hydrogens (tertiary/aromatic N) is 6. The highest BCUT2D eigenvalue weighted by Gasteiger charge is 2.20. The molecule has 3 heterocycles. The summed E-state index contributed by atoms with van der Waals surface area (Å²) in [4.78, 5) is 30.5. The standard InChI is InChI=1S/3C36H24N2/c1-3-12-25(13-4-1)27-18-11-19-30(22-27)33-24-34(38-36(37-33)26-14-5-2-6-15-26)35-31-20-9-7-16-28(31)23-29-17-8-10-21-32(29)35;1-3-11-25(12-4-1)31-17-9-10-18-33(31)35-24-34(37-36(38-35)27-14-5-2-6-15-27)29-21-22-32-28(23-29)20-19-26-13-7-8-16-30(26)32;1-3-11-25(12-4-1)26-19-21-27(22-20-26)34-24-35(38-36(37-34)28-13-5-2-6-14-28)33-23-29-15-7-8-16-30(29)31-17-9-10-18-32(31)33/h3*1-24H. The van der Waals surface area contributed by atoms with E-state index in [9.17, 15) is 0 Å². The summed E-state index contributed by atoms with van der Waals surface area (Å²) in [5.74, 6) is 2.17. The first-order valence-electron chi connectivity index (χ1n) is 38.5. The molecule has 0 amide bonds. The van der Waals surface area contributed by atoms with Crippen LogP contribution in [0.1, 0.15) is 0 Å². The molecule has 21 aromatic rings. The number of benzene rings is 18. The number of hydrogen-bond donors (Lipinski definition) is 0. The highest BCUT2D eigenvalue weighted by molar-refractivity contribution is 6.15. The van der Waals surface area contributed by atoms with Crippen LogP contribution in [0, 0.1) is 0 Å². The topological polar surface area (TPSA) is 77.3 Å². The Morgan fingerprint density at radius 1 is 0.123 bits per heavy atom. The van der Waals surface area contributed by atoms with Crippen molar-refractivity contribution < 1.29 is 0 Å². The second-order valence-electron chi connectivity index (χ2n) is 28.4. The van der Waals surface area contributed by atoms with Gasteiger partial charge in [0.15, 0.2) is 17.5 Å². The molecule has 0 bridgehead atoms. The SMILES string of the molecule is c1ccc(-c2ccc(-c3cc(-c4cc5ccccc5c5ccccc45)nc(-c4ccccc4)n3)cc2)cc1.c1ccc(-c2cccc(-c3cc(-c4c5ccccc5cc5ccccc45)nc(-c4ccccc4)n3)c2)cc1.c1ccc(-c2nc(-c3ccc4c(ccc5ccccc54)c3)cc(-c3ccccc3-c3ccccc3)n2)cc1. The Labute approximate surface area is 662 Å². The molecular weight excluding hydrogens is 1380 g/mol. The van der Waals surface area contributed by atoms with Crippen molar-refractivity contribution in [3.8, 4) is 135 Å². The van der Waals surface area contributed by atoms with Crippen LogP contribution in [0.15, 0.2) is 437 Å². The van der Waals surface area contributed by atoms with Gasteiger partial charge in [-0.1, -0.05) is 394 Å². The molecule has 21 rings (SSSR count). The number of hydrogen-bond acceptors (Lipinski definition) is 6. The molecule has 0 aliphatic rings. The van der Waals surface area contributed by atoms with Gasteiger partial charge in [0.1, 0.15) is 0 Å². The lowest BCUT2D eigenvalue weighted by atomic mass is 9.93. The van der Waals surface area contributed by atoms with Crippen molar-refractivity contribution in [2.24, 2.45) is 0 Å². The lowest BCUT2D eigenvalue weighted by Crippen LogP contribution is -1.97. The zero-order chi connectivity index (χ0) is 75.9. The zero-order valence-electron chi connectivity index (χ0n) is 62.3. The van der Waals surface area contributed by atoms with Gasteiger partial charge in [-0.3, -0.25) is 0 Å². The molecule has 18 aromatic carbocycles. The van der Waals surface area contributed by atoms with Crippen LogP contribution in [0.3, 0.4) is 0 Å². The molecule has 6 heteroatoms. The van der Waals surface area contributed by atoms with Crippen LogP contribution in [0.2, 0.25) is 0 Å². The second-order valence-corrected chi connectivity index (χ2v) is 28.4. The summed E-state index contributed by atoms with van der Waals surface area (Å²) in [6, 6.07) is 153. The minimum atomic E-state index is 0.722. The van der Waals surface area contributed by atoms with E-state index in [1.54, 1.807) is 0 Å². The molecule has 0 atom stereocenters. The predicted molar refractivity (Wildman–Crippen MR) is 476 cm³/mol. The van der Waals surface area contributed by atoms with E-state index in [-0.39, 0.29) is 0 Å². The van der Waals surface area contributed by atoms with Crippen molar-refractivity contribution in [2.75, 3.05) is 0 Å². The summed E-state index contributed by atoms with van der Waals surface area (Å²) in [6.45, 7) is 0. The molecule has 0 N–H and O–H groups in total. The maximum absolute atomic E-state index is 5.17. The summed E-state index contributed by atoms with van der Waals surface area (Å²) >= 11 is 0. The molecular formula is C108H72N6. The van der Waals surface area contributed by atoms with Crippen molar-refractivity contribution in [1.29, 1.82) is 0 Å². The molecule has 0 aliphatic carbocycles. The van der Waals surface area contributed by atoms with Crippen LogP contribution in [-0.2, 0) is 0 Å². The van der Waals surface area contributed by atoms with Gasteiger partial charge in [-0.2, -0.15) is 0 Å². The first kappa shape index (κ1) is 69.2. The van der Waals surface area contributed by atoms with Gasteiger partial charge in [0.05, 0.1) is 34.2 Å². The number of aromatic nitrogens is 6. The Bertz CT molecular complexity index is 7010. The molecule has 3 aromatic heterocycles. The Balaban J connectivity index is 0.000000115. The van der Waals surface area contributed by atoms with Crippen molar-refractivity contribution in [3.63, 3.8) is 0 Å². The van der Waals surface area contributed by atoms with Crippen LogP contribution >= 0.6 is 0 Å². The maximum Gasteiger partial charge on any atom is 0.160 e. The van der Waals surface area contributed by atoms with Crippen LogP contribution in [-0.4, -0.2) is 29.9 Å². The summed E-state index contributed by atoms with van der Waals surface area (Å²) in [6.07, 6.45) is 0. The van der Waals surface area contributed by atoms with Gasteiger partial charge in [0.2, 0.25) is 0 Å². The fraction of sp³-hybridized carbons (Fsp3) is 0. The van der Waals surface area contributed by atoms with Gasteiger partial charge >= 0.3 is 0 Å². The van der Waals surface area contributed by atoms with Crippen molar-refractivity contribution in [1.82, 2.24) is 29.9 Å². The molecule has 0 spiro atoms. The maximum atomic E-state index is 5.17. The van der Waals surface area contributed by atoms with E-state index in [1.807, 2.05) is 72.8 Å². The van der Waals surface area contributed by atoms with Crippen LogP contribution < -0.4 is 0 Å². The third kappa shape index (κ3) is 14.3. The lowest BCUT2D eigenvalue weighted by Gasteiger charge is -2.14. The van der Waals surface area contributed by atoms with E-state index in [1.165, 1.54) is 92.5 Å². The van der Waals surface area contributed by atoms with E-state index in [2.05, 4.69) is 364 Å². The molecule has 0 fully saturated rings. The first-order valence-corrected chi connectivity index (χ1v) is 38.5.